The molecule has 0 aliphatic carbocycles. The van der Waals surface area contributed by atoms with Gasteiger partial charge in [-0.15, -0.1) is 0 Å². The van der Waals surface area contributed by atoms with Gasteiger partial charge in [-0.3, -0.25) is 4.79 Å². The highest BCUT2D eigenvalue weighted by Crippen LogP contribution is 2.40. The summed E-state index contributed by atoms with van der Waals surface area (Å²) in [5.41, 5.74) is 2.38. The first-order chi connectivity index (χ1) is 14.6. The number of rotatable bonds is 4. The van der Waals surface area contributed by atoms with Crippen molar-refractivity contribution in [3.63, 3.8) is 0 Å². The number of Topliss-reactive ketones (excluding diaryl/α,β-unsaturated/α-hetero) is 1. The minimum absolute atomic E-state index is 0.0835. The van der Waals surface area contributed by atoms with Gasteiger partial charge in [0.25, 0.3) is 0 Å². The number of allylic oxidation sites excluding steroid dienone is 1. The van der Waals surface area contributed by atoms with Gasteiger partial charge in [-0.2, -0.15) is 0 Å². The Morgan fingerprint density at radius 2 is 1.90 bits per heavy atom. The summed E-state index contributed by atoms with van der Waals surface area (Å²) in [6, 6.07) is 15.2. The zero-order valence-electron chi connectivity index (χ0n) is 16.1. The van der Waals surface area contributed by atoms with Crippen LogP contribution >= 0.6 is 0 Å². The molecule has 0 unspecified atom stereocenters. The number of carbonyl (C=O) groups excluding carboxylic acids is 1. The van der Waals surface area contributed by atoms with Crippen molar-refractivity contribution >= 4 is 11.9 Å². The van der Waals surface area contributed by atoms with Crippen molar-refractivity contribution in [2.24, 2.45) is 0 Å². The van der Waals surface area contributed by atoms with E-state index in [9.17, 15) is 9.18 Å². The molecule has 3 aromatic carbocycles. The fourth-order valence-corrected chi connectivity index (χ4v) is 3.45. The lowest BCUT2D eigenvalue weighted by molar-refractivity contribution is 0.101. The van der Waals surface area contributed by atoms with Crippen molar-refractivity contribution in [1.82, 2.24) is 0 Å². The van der Waals surface area contributed by atoms with Crippen LogP contribution < -0.4 is 18.9 Å². The first kappa shape index (κ1) is 18.2. The molecule has 0 saturated carbocycles. The van der Waals surface area contributed by atoms with E-state index in [0.717, 1.165) is 5.56 Å². The average Bonchev–Trinajstić information content (AvgIpc) is 3.34. The quantitative estimate of drug-likeness (QED) is 0.569. The second kappa shape index (κ2) is 7.22. The Hall–Kier alpha value is -3.80. The van der Waals surface area contributed by atoms with Crippen LogP contribution in [0.5, 0.6) is 23.0 Å². The van der Waals surface area contributed by atoms with Gasteiger partial charge in [0, 0.05) is 11.1 Å². The third kappa shape index (κ3) is 3.16. The SMILES string of the molecule is Cc1c(OCc2ccccc2F)ccc2c1O/C(=C\c1ccc3c(c1)OCO3)C2=O. The lowest BCUT2D eigenvalue weighted by Crippen LogP contribution is -2.00. The summed E-state index contributed by atoms with van der Waals surface area (Å²) in [5.74, 6) is 1.99. The topological polar surface area (TPSA) is 54.0 Å². The number of ketones is 1. The van der Waals surface area contributed by atoms with E-state index in [4.69, 9.17) is 18.9 Å². The molecule has 0 spiro atoms. The smallest absolute Gasteiger partial charge is 0.231 e. The molecule has 5 rings (SSSR count). The van der Waals surface area contributed by atoms with Gasteiger partial charge in [-0.25, -0.2) is 4.39 Å². The molecule has 0 atom stereocenters. The Balaban J connectivity index is 1.39. The van der Waals surface area contributed by atoms with E-state index in [0.29, 0.717) is 39.7 Å². The molecule has 0 fully saturated rings. The molecule has 0 saturated heterocycles. The lowest BCUT2D eigenvalue weighted by Gasteiger charge is -2.12. The second-order valence-electron chi connectivity index (χ2n) is 7.00. The predicted molar refractivity (Wildman–Crippen MR) is 107 cm³/mol. The normalized spacial score (nSPS) is 15.3. The summed E-state index contributed by atoms with van der Waals surface area (Å²) in [4.78, 5) is 12.8. The van der Waals surface area contributed by atoms with Gasteiger partial charge < -0.3 is 18.9 Å². The molecule has 0 bridgehead atoms. The van der Waals surface area contributed by atoms with Crippen LogP contribution in [0.1, 0.15) is 27.0 Å². The Morgan fingerprint density at radius 1 is 1.07 bits per heavy atom. The van der Waals surface area contributed by atoms with Crippen LogP contribution in [-0.4, -0.2) is 12.6 Å². The highest BCUT2D eigenvalue weighted by Gasteiger charge is 2.30. The molecule has 2 heterocycles. The minimum Gasteiger partial charge on any atom is -0.488 e. The highest BCUT2D eigenvalue weighted by atomic mass is 19.1. The van der Waals surface area contributed by atoms with Crippen molar-refractivity contribution in [3.8, 4) is 23.0 Å². The number of fused-ring (bicyclic) bond motifs is 2. The molecule has 0 radical (unpaired) electrons. The number of halogens is 1. The Bertz CT molecular complexity index is 1200. The van der Waals surface area contributed by atoms with Crippen LogP contribution in [0.25, 0.3) is 6.08 Å². The minimum atomic E-state index is -0.323. The third-order valence-electron chi connectivity index (χ3n) is 5.07. The Labute approximate surface area is 172 Å². The zero-order chi connectivity index (χ0) is 20.7. The monoisotopic (exact) mass is 404 g/mol. The number of hydrogen-bond acceptors (Lipinski definition) is 5. The molecular formula is C24H17FO5. The van der Waals surface area contributed by atoms with E-state index in [1.54, 1.807) is 48.5 Å². The molecule has 0 aromatic heterocycles. The number of benzene rings is 3. The van der Waals surface area contributed by atoms with Gasteiger partial charge in [0.05, 0.1) is 5.56 Å². The van der Waals surface area contributed by atoms with E-state index in [1.807, 2.05) is 13.0 Å². The van der Waals surface area contributed by atoms with E-state index >= 15 is 0 Å². The van der Waals surface area contributed by atoms with Crippen LogP contribution in [-0.2, 0) is 6.61 Å². The first-order valence-corrected chi connectivity index (χ1v) is 9.44. The van der Waals surface area contributed by atoms with Crippen LogP contribution in [0, 0.1) is 12.7 Å². The fraction of sp³-hybridized carbons (Fsp3) is 0.125. The summed E-state index contributed by atoms with van der Waals surface area (Å²) in [5, 5.41) is 0. The molecule has 30 heavy (non-hydrogen) atoms. The van der Waals surface area contributed by atoms with E-state index in [1.165, 1.54) is 6.07 Å². The largest absolute Gasteiger partial charge is 0.488 e. The summed E-state index contributed by atoms with van der Waals surface area (Å²) >= 11 is 0. The van der Waals surface area contributed by atoms with E-state index in [-0.39, 0.29) is 30.8 Å². The van der Waals surface area contributed by atoms with Gasteiger partial charge >= 0.3 is 0 Å². The van der Waals surface area contributed by atoms with Crippen molar-refractivity contribution in [1.29, 1.82) is 0 Å². The van der Waals surface area contributed by atoms with Crippen molar-refractivity contribution in [2.45, 2.75) is 13.5 Å². The fourth-order valence-electron chi connectivity index (χ4n) is 3.45. The third-order valence-corrected chi connectivity index (χ3v) is 5.07. The number of carbonyl (C=O) groups is 1. The maximum absolute atomic E-state index is 13.8. The molecule has 3 aromatic rings. The standard InChI is InChI=1S/C24H17FO5/c1-14-19(27-12-16-4-2-3-5-18(16)25)9-7-17-23(26)22(30-24(14)17)11-15-6-8-20-21(10-15)29-13-28-20/h2-11H,12-13H2,1H3/b22-11-. The summed E-state index contributed by atoms with van der Waals surface area (Å²) in [7, 11) is 0. The van der Waals surface area contributed by atoms with E-state index in [2.05, 4.69) is 0 Å². The summed E-state index contributed by atoms with van der Waals surface area (Å²) < 4.78 is 36.2. The van der Waals surface area contributed by atoms with Crippen LogP contribution in [0.4, 0.5) is 4.39 Å². The van der Waals surface area contributed by atoms with Gasteiger partial charge in [0.1, 0.15) is 23.9 Å². The summed E-state index contributed by atoms with van der Waals surface area (Å²) in [6.45, 7) is 2.08. The molecule has 150 valence electrons. The average molecular weight is 404 g/mol. The van der Waals surface area contributed by atoms with Crippen LogP contribution in [0.15, 0.2) is 60.4 Å². The van der Waals surface area contributed by atoms with Crippen molar-refractivity contribution in [2.75, 3.05) is 6.79 Å². The highest BCUT2D eigenvalue weighted by molar-refractivity contribution is 6.15. The second-order valence-corrected chi connectivity index (χ2v) is 7.00. The van der Waals surface area contributed by atoms with E-state index < -0.39 is 0 Å². The van der Waals surface area contributed by atoms with Gasteiger partial charge in [0.2, 0.25) is 12.6 Å². The Kier molecular flexibility index (Phi) is 4.39. The molecular weight excluding hydrogens is 387 g/mol. The number of ether oxygens (including phenoxy) is 4. The maximum Gasteiger partial charge on any atom is 0.231 e. The van der Waals surface area contributed by atoms with Gasteiger partial charge in [-0.05, 0) is 48.9 Å². The van der Waals surface area contributed by atoms with Crippen molar-refractivity contribution in [3.05, 3.63) is 88.4 Å². The lowest BCUT2D eigenvalue weighted by atomic mass is 10.1. The summed E-state index contributed by atoms with van der Waals surface area (Å²) in [6.07, 6.45) is 1.67. The Morgan fingerprint density at radius 3 is 2.77 bits per heavy atom. The molecule has 2 aliphatic heterocycles. The first-order valence-electron chi connectivity index (χ1n) is 9.44. The van der Waals surface area contributed by atoms with Crippen molar-refractivity contribution < 1.29 is 28.1 Å². The zero-order valence-corrected chi connectivity index (χ0v) is 16.1. The molecule has 0 amide bonds. The molecule has 2 aliphatic rings. The molecule has 6 heteroatoms. The van der Waals surface area contributed by atoms with Crippen LogP contribution in [0.2, 0.25) is 0 Å². The van der Waals surface area contributed by atoms with Gasteiger partial charge in [0.15, 0.2) is 17.3 Å². The maximum atomic E-state index is 13.8. The number of hydrogen-bond donors (Lipinski definition) is 0. The van der Waals surface area contributed by atoms with Crippen LogP contribution in [0.3, 0.4) is 0 Å². The molecule has 0 N–H and O–H groups in total. The molecule has 5 nitrogen and oxygen atoms in total. The van der Waals surface area contributed by atoms with Gasteiger partial charge in [-0.1, -0.05) is 24.3 Å². The predicted octanol–water partition coefficient (Wildman–Crippen LogP) is 5.06.